The maximum atomic E-state index is 12.7. The molecule has 1 aliphatic rings. The van der Waals surface area contributed by atoms with Gasteiger partial charge in [-0.1, -0.05) is 29.8 Å². The molecule has 6 heteroatoms. The van der Waals surface area contributed by atoms with Crippen LogP contribution in [0.3, 0.4) is 0 Å². The minimum atomic E-state index is -0.643. The van der Waals surface area contributed by atoms with Gasteiger partial charge in [-0.05, 0) is 54.1 Å². The average Bonchev–Trinajstić information content (AvgIpc) is 2.74. The molecule has 28 heavy (non-hydrogen) atoms. The SMILES string of the molecule is NC(C(=O)N1CCC(Nc2ccc3cnccc3c2)CC1)c1ccc(Cl)cc1. The molecule has 1 unspecified atom stereocenters. The second kappa shape index (κ2) is 8.17. The van der Waals surface area contributed by atoms with Gasteiger partial charge in [-0.15, -0.1) is 0 Å². The monoisotopic (exact) mass is 394 g/mol. The number of likely N-dealkylation sites (tertiary alicyclic amines) is 1. The molecule has 0 bridgehead atoms. The topological polar surface area (TPSA) is 71.2 Å². The van der Waals surface area contributed by atoms with Crippen LogP contribution in [0.1, 0.15) is 24.4 Å². The van der Waals surface area contributed by atoms with Crippen molar-refractivity contribution in [1.29, 1.82) is 0 Å². The minimum absolute atomic E-state index is 0.0287. The normalized spacial score (nSPS) is 16.1. The van der Waals surface area contributed by atoms with Gasteiger partial charge in [-0.25, -0.2) is 0 Å². The number of amides is 1. The third-order valence-corrected chi connectivity index (χ3v) is 5.57. The summed E-state index contributed by atoms with van der Waals surface area (Å²) in [4.78, 5) is 18.7. The highest BCUT2D eigenvalue weighted by atomic mass is 35.5. The van der Waals surface area contributed by atoms with Crippen LogP contribution in [0.15, 0.2) is 60.9 Å². The van der Waals surface area contributed by atoms with Crippen molar-refractivity contribution in [3.63, 3.8) is 0 Å². The predicted molar refractivity (Wildman–Crippen MR) is 113 cm³/mol. The van der Waals surface area contributed by atoms with E-state index in [9.17, 15) is 4.79 Å². The van der Waals surface area contributed by atoms with Crippen LogP contribution in [-0.2, 0) is 4.79 Å². The van der Waals surface area contributed by atoms with E-state index in [1.807, 2.05) is 29.3 Å². The number of halogens is 1. The van der Waals surface area contributed by atoms with Crippen LogP contribution >= 0.6 is 11.6 Å². The summed E-state index contributed by atoms with van der Waals surface area (Å²) >= 11 is 5.91. The molecular weight excluding hydrogens is 372 g/mol. The molecule has 3 aromatic rings. The van der Waals surface area contributed by atoms with Crippen molar-refractivity contribution in [2.75, 3.05) is 18.4 Å². The van der Waals surface area contributed by atoms with E-state index < -0.39 is 6.04 Å². The number of nitrogens with one attached hydrogen (secondary N) is 1. The van der Waals surface area contributed by atoms with E-state index in [1.54, 1.807) is 18.3 Å². The van der Waals surface area contributed by atoms with Crippen LogP contribution in [0.4, 0.5) is 5.69 Å². The fourth-order valence-electron chi connectivity index (χ4n) is 3.66. The van der Waals surface area contributed by atoms with Crippen LogP contribution in [0.2, 0.25) is 5.02 Å². The number of benzene rings is 2. The van der Waals surface area contributed by atoms with Gasteiger partial charge >= 0.3 is 0 Å². The molecule has 4 rings (SSSR count). The molecule has 2 aromatic carbocycles. The molecule has 0 spiro atoms. The summed E-state index contributed by atoms with van der Waals surface area (Å²) < 4.78 is 0. The number of hydrogen-bond donors (Lipinski definition) is 2. The number of fused-ring (bicyclic) bond motifs is 1. The van der Waals surface area contributed by atoms with Gasteiger partial charge in [-0.2, -0.15) is 0 Å². The lowest BCUT2D eigenvalue weighted by atomic mass is 10.0. The first-order valence-corrected chi connectivity index (χ1v) is 9.88. The molecule has 3 N–H and O–H groups in total. The van der Waals surface area contributed by atoms with Gasteiger partial charge in [0.1, 0.15) is 6.04 Å². The molecule has 1 aromatic heterocycles. The number of hydrogen-bond acceptors (Lipinski definition) is 4. The number of aromatic nitrogens is 1. The Morgan fingerprint density at radius 3 is 2.61 bits per heavy atom. The molecule has 5 nitrogen and oxygen atoms in total. The van der Waals surface area contributed by atoms with E-state index in [0.29, 0.717) is 24.2 Å². The first kappa shape index (κ1) is 18.7. The van der Waals surface area contributed by atoms with Gasteiger partial charge in [0.2, 0.25) is 5.91 Å². The van der Waals surface area contributed by atoms with E-state index in [1.165, 1.54) is 5.39 Å². The second-order valence-corrected chi connectivity index (χ2v) is 7.65. The summed E-state index contributed by atoms with van der Waals surface area (Å²) in [6, 6.07) is 15.2. The van der Waals surface area contributed by atoms with Gasteiger partial charge in [0.15, 0.2) is 0 Å². The third kappa shape index (κ3) is 4.11. The Morgan fingerprint density at radius 2 is 1.86 bits per heavy atom. The molecule has 144 valence electrons. The number of nitrogens with two attached hydrogens (primary N) is 1. The van der Waals surface area contributed by atoms with Crippen molar-refractivity contribution in [2.24, 2.45) is 5.73 Å². The van der Waals surface area contributed by atoms with Crippen LogP contribution in [0, 0.1) is 0 Å². The first-order valence-electron chi connectivity index (χ1n) is 9.50. The largest absolute Gasteiger partial charge is 0.382 e. The zero-order valence-corrected chi connectivity index (χ0v) is 16.3. The predicted octanol–water partition coefficient (Wildman–Crippen LogP) is 3.99. The van der Waals surface area contributed by atoms with Crippen LogP contribution in [0.5, 0.6) is 0 Å². The molecule has 1 saturated heterocycles. The summed E-state index contributed by atoms with van der Waals surface area (Å²) in [7, 11) is 0. The summed E-state index contributed by atoms with van der Waals surface area (Å²) in [6.45, 7) is 1.41. The van der Waals surface area contributed by atoms with Crippen molar-refractivity contribution in [1.82, 2.24) is 9.88 Å². The van der Waals surface area contributed by atoms with E-state index in [4.69, 9.17) is 17.3 Å². The quantitative estimate of drug-likeness (QED) is 0.701. The lowest BCUT2D eigenvalue weighted by Crippen LogP contribution is -2.45. The fourth-order valence-corrected chi connectivity index (χ4v) is 3.79. The van der Waals surface area contributed by atoms with Crippen molar-refractivity contribution >= 4 is 34.0 Å². The zero-order valence-electron chi connectivity index (χ0n) is 15.5. The summed E-state index contributed by atoms with van der Waals surface area (Å²) in [5.41, 5.74) is 8.07. The van der Waals surface area contributed by atoms with Crippen molar-refractivity contribution in [3.05, 3.63) is 71.5 Å². The number of carbonyl (C=O) groups is 1. The Morgan fingerprint density at radius 1 is 1.11 bits per heavy atom. The molecule has 0 saturated carbocycles. The lowest BCUT2D eigenvalue weighted by molar-refractivity contribution is -0.133. The highest BCUT2D eigenvalue weighted by molar-refractivity contribution is 6.30. The highest BCUT2D eigenvalue weighted by Gasteiger charge is 2.27. The number of anilines is 1. The Labute approximate surface area is 169 Å². The van der Waals surface area contributed by atoms with E-state index in [-0.39, 0.29) is 5.91 Å². The molecule has 1 atom stereocenters. The summed E-state index contributed by atoms with van der Waals surface area (Å²) in [5, 5.41) is 6.53. The third-order valence-electron chi connectivity index (χ3n) is 5.31. The number of piperidine rings is 1. The maximum absolute atomic E-state index is 12.7. The molecular formula is C22H23ClN4O. The van der Waals surface area contributed by atoms with Crippen molar-refractivity contribution < 1.29 is 4.79 Å². The number of nitrogens with zero attached hydrogens (tertiary/aromatic N) is 2. The van der Waals surface area contributed by atoms with E-state index in [0.717, 1.165) is 29.5 Å². The number of carbonyl (C=O) groups excluding carboxylic acids is 1. The lowest BCUT2D eigenvalue weighted by Gasteiger charge is -2.34. The number of rotatable bonds is 4. The van der Waals surface area contributed by atoms with Gasteiger partial charge in [0, 0.05) is 47.6 Å². The van der Waals surface area contributed by atoms with Crippen LogP contribution < -0.4 is 11.1 Å². The van der Waals surface area contributed by atoms with E-state index in [2.05, 4.69) is 28.5 Å². The Balaban J connectivity index is 1.34. The Kier molecular flexibility index (Phi) is 5.46. The fraction of sp³-hybridized carbons (Fsp3) is 0.273. The Bertz CT molecular complexity index is 968. The molecule has 2 heterocycles. The van der Waals surface area contributed by atoms with Gasteiger partial charge < -0.3 is 16.0 Å². The average molecular weight is 395 g/mol. The highest BCUT2D eigenvalue weighted by Crippen LogP contribution is 2.23. The Hall–Kier alpha value is -2.63. The van der Waals surface area contributed by atoms with Crippen molar-refractivity contribution in [3.8, 4) is 0 Å². The van der Waals surface area contributed by atoms with Gasteiger partial charge in [0.25, 0.3) is 0 Å². The van der Waals surface area contributed by atoms with Crippen molar-refractivity contribution in [2.45, 2.75) is 24.9 Å². The molecule has 1 amide bonds. The van der Waals surface area contributed by atoms with Gasteiger partial charge in [-0.3, -0.25) is 9.78 Å². The molecule has 0 radical (unpaired) electrons. The summed E-state index contributed by atoms with van der Waals surface area (Å²) in [6.07, 6.45) is 5.47. The molecule has 1 aliphatic heterocycles. The van der Waals surface area contributed by atoms with E-state index >= 15 is 0 Å². The molecule has 1 fully saturated rings. The maximum Gasteiger partial charge on any atom is 0.244 e. The first-order chi connectivity index (χ1) is 13.6. The minimum Gasteiger partial charge on any atom is -0.382 e. The number of pyridine rings is 1. The second-order valence-electron chi connectivity index (χ2n) is 7.21. The smallest absolute Gasteiger partial charge is 0.244 e. The molecule has 0 aliphatic carbocycles. The van der Waals surface area contributed by atoms with Crippen LogP contribution in [-0.4, -0.2) is 34.9 Å². The summed E-state index contributed by atoms with van der Waals surface area (Å²) in [5.74, 6) is -0.0287. The van der Waals surface area contributed by atoms with Crippen LogP contribution in [0.25, 0.3) is 10.8 Å². The zero-order chi connectivity index (χ0) is 19.5. The standard InChI is InChI=1S/C22H23ClN4O/c23-18-4-1-15(2-5-18)21(24)22(28)27-11-8-19(9-12-27)26-20-6-3-17-14-25-10-7-16(17)13-20/h1-7,10,13-14,19,21,26H,8-9,11-12,24H2. The van der Waals surface area contributed by atoms with Gasteiger partial charge in [0.05, 0.1) is 0 Å².